The van der Waals surface area contributed by atoms with Crippen LogP contribution in [0.2, 0.25) is 0 Å². The van der Waals surface area contributed by atoms with E-state index in [-0.39, 0.29) is 11.1 Å². The van der Waals surface area contributed by atoms with Gasteiger partial charge < -0.3 is 5.11 Å². The molecule has 0 spiro atoms. The van der Waals surface area contributed by atoms with Crippen LogP contribution in [0.3, 0.4) is 0 Å². The molecular formula is C14H12N2OS. The van der Waals surface area contributed by atoms with E-state index in [0.717, 1.165) is 16.2 Å². The quantitative estimate of drug-likeness (QED) is 0.868. The third-order valence-corrected chi connectivity index (χ3v) is 3.89. The highest BCUT2D eigenvalue weighted by Crippen LogP contribution is 2.34. The number of thioether (sulfide) groups is 1. The summed E-state index contributed by atoms with van der Waals surface area (Å²) in [7, 11) is 0. The molecule has 18 heavy (non-hydrogen) atoms. The van der Waals surface area contributed by atoms with E-state index in [0.29, 0.717) is 0 Å². The lowest BCUT2D eigenvalue weighted by Gasteiger charge is -2.09. The summed E-state index contributed by atoms with van der Waals surface area (Å²) < 4.78 is 0. The first-order valence-electron chi connectivity index (χ1n) is 5.67. The summed E-state index contributed by atoms with van der Waals surface area (Å²) in [4.78, 5) is 0. The van der Waals surface area contributed by atoms with Crippen molar-refractivity contribution in [1.29, 1.82) is 0 Å². The van der Waals surface area contributed by atoms with Gasteiger partial charge in [0.25, 0.3) is 0 Å². The molecule has 0 aromatic heterocycles. The van der Waals surface area contributed by atoms with Crippen LogP contribution < -0.4 is 5.43 Å². The Morgan fingerprint density at radius 1 is 1.00 bits per heavy atom. The Morgan fingerprint density at radius 3 is 2.44 bits per heavy atom. The van der Waals surface area contributed by atoms with Crippen LogP contribution in [0, 0.1) is 0 Å². The summed E-state index contributed by atoms with van der Waals surface area (Å²) in [5, 5.41) is 14.7. The fourth-order valence-electron chi connectivity index (χ4n) is 1.79. The van der Waals surface area contributed by atoms with Crippen molar-refractivity contribution in [2.24, 2.45) is 5.10 Å². The zero-order valence-corrected chi connectivity index (χ0v) is 10.4. The number of aromatic hydroxyl groups is 1. The predicted octanol–water partition coefficient (Wildman–Crippen LogP) is 3.09. The molecule has 1 heterocycles. The summed E-state index contributed by atoms with van der Waals surface area (Å²) in [6.45, 7) is 0. The molecule has 3 rings (SSSR count). The summed E-state index contributed by atoms with van der Waals surface area (Å²) in [5.74, 6) is 0.283. The first-order chi connectivity index (χ1) is 8.83. The van der Waals surface area contributed by atoms with Crippen LogP contribution in [0.1, 0.15) is 16.5 Å². The topological polar surface area (TPSA) is 44.6 Å². The van der Waals surface area contributed by atoms with Crippen LogP contribution in [0.4, 0.5) is 0 Å². The van der Waals surface area contributed by atoms with Gasteiger partial charge in [-0.3, -0.25) is 5.43 Å². The van der Waals surface area contributed by atoms with Crippen molar-refractivity contribution in [1.82, 2.24) is 5.43 Å². The number of nitrogens with one attached hydrogen (secondary N) is 1. The molecule has 0 radical (unpaired) electrons. The minimum atomic E-state index is 0.112. The number of hydrazone groups is 1. The number of hydrogen-bond acceptors (Lipinski definition) is 4. The van der Waals surface area contributed by atoms with Crippen LogP contribution >= 0.6 is 11.8 Å². The van der Waals surface area contributed by atoms with E-state index in [1.165, 1.54) is 0 Å². The number of phenolic OH excluding ortho intramolecular Hbond substituents is 1. The molecule has 0 amide bonds. The van der Waals surface area contributed by atoms with Gasteiger partial charge in [0.1, 0.15) is 16.2 Å². The smallest absolute Gasteiger partial charge is 0.126 e. The average molecular weight is 256 g/mol. The third kappa shape index (κ3) is 2.19. The Morgan fingerprint density at radius 2 is 1.72 bits per heavy atom. The monoisotopic (exact) mass is 256 g/mol. The molecule has 0 saturated heterocycles. The molecule has 1 atom stereocenters. The van der Waals surface area contributed by atoms with Crippen molar-refractivity contribution in [3.63, 3.8) is 0 Å². The van der Waals surface area contributed by atoms with Crippen molar-refractivity contribution >= 4 is 16.8 Å². The lowest BCUT2D eigenvalue weighted by atomic mass is 10.2. The van der Waals surface area contributed by atoms with Gasteiger partial charge in [-0.1, -0.05) is 54.2 Å². The van der Waals surface area contributed by atoms with E-state index in [1.54, 1.807) is 23.9 Å². The maximum absolute atomic E-state index is 9.27. The van der Waals surface area contributed by atoms with Gasteiger partial charge in [0, 0.05) is 5.56 Å². The largest absolute Gasteiger partial charge is 0.508 e. The highest BCUT2D eigenvalue weighted by Gasteiger charge is 2.21. The molecule has 1 aliphatic rings. The molecule has 2 N–H and O–H groups in total. The maximum atomic E-state index is 9.27. The number of benzene rings is 2. The summed E-state index contributed by atoms with van der Waals surface area (Å²) in [6.07, 6.45) is 0. The minimum Gasteiger partial charge on any atom is -0.508 e. The molecule has 2 aromatic rings. The Bertz CT molecular complexity index is 566. The zero-order chi connectivity index (χ0) is 12.4. The summed E-state index contributed by atoms with van der Waals surface area (Å²) >= 11 is 1.68. The van der Waals surface area contributed by atoms with E-state index in [4.69, 9.17) is 0 Å². The Labute approximate surface area is 110 Å². The Balaban J connectivity index is 1.76. The Hall–Kier alpha value is -1.94. The van der Waals surface area contributed by atoms with Crippen LogP contribution in [0.25, 0.3) is 0 Å². The van der Waals surface area contributed by atoms with Gasteiger partial charge in [-0.25, -0.2) is 0 Å². The van der Waals surface area contributed by atoms with Crippen LogP contribution in [0.5, 0.6) is 5.75 Å². The summed E-state index contributed by atoms with van der Waals surface area (Å²) in [5.41, 5.74) is 5.34. The molecule has 4 heteroatoms. The van der Waals surface area contributed by atoms with E-state index in [9.17, 15) is 5.11 Å². The van der Waals surface area contributed by atoms with Gasteiger partial charge in [0.2, 0.25) is 0 Å². The van der Waals surface area contributed by atoms with Crippen molar-refractivity contribution in [2.75, 3.05) is 0 Å². The van der Waals surface area contributed by atoms with Crippen molar-refractivity contribution < 1.29 is 5.11 Å². The lowest BCUT2D eigenvalue weighted by molar-refractivity contribution is 0.475. The van der Waals surface area contributed by atoms with E-state index >= 15 is 0 Å². The van der Waals surface area contributed by atoms with E-state index < -0.39 is 0 Å². The van der Waals surface area contributed by atoms with Crippen molar-refractivity contribution in [3.05, 3.63) is 65.7 Å². The third-order valence-electron chi connectivity index (χ3n) is 2.73. The number of phenols is 1. The van der Waals surface area contributed by atoms with Gasteiger partial charge in [-0.2, -0.15) is 5.10 Å². The molecule has 0 aliphatic carbocycles. The van der Waals surface area contributed by atoms with Crippen molar-refractivity contribution in [2.45, 2.75) is 5.37 Å². The minimum absolute atomic E-state index is 0.112. The molecule has 0 unspecified atom stereocenters. The first kappa shape index (κ1) is 11.2. The molecule has 1 aliphatic heterocycles. The van der Waals surface area contributed by atoms with Gasteiger partial charge in [-0.05, 0) is 17.7 Å². The highest BCUT2D eigenvalue weighted by atomic mass is 32.2. The van der Waals surface area contributed by atoms with Gasteiger partial charge in [0.05, 0.1) is 0 Å². The number of nitrogens with zero attached hydrogens (tertiary/aromatic N) is 1. The zero-order valence-electron chi connectivity index (χ0n) is 9.58. The summed E-state index contributed by atoms with van der Waals surface area (Å²) in [6, 6.07) is 17.3. The predicted molar refractivity (Wildman–Crippen MR) is 74.6 cm³/mol. The van der Waals surface area contributed by atoms with E-state index in [1.807, 2.05) is 42.5 Å². The molecule has 90 valence electrons. The van der Waals surface area contributed by atoms with Crippen molar-refractivity contribution in [3.8, 4) is 5.75 Å². The second kappa shape index (κ2) is 4.74. The molecule has 0 saturated carbocycles. The molecule has 3 nitrogen and oxygen atoms in total. The average Bonchev–Trinajstić information content (AvgIpc) is 2.90. The lowest BCUT2D eigenvalue weighted by Crippen LogP contribution is -2.05. The Kier molecular flexibility index (Phi) is 2.94. The van der Waals surface area contributed by atoms with Crippen LogP contribution in [0.15, 0.2) is 59.7 Å². The number of hydrogen-bond donors (Lipinski definition) is 2. The van der Waals surface area contributed by atoms with Crippen LogP contribution in [-0.2, 0) is 0 Å². The standard InChI is InChI=1S/C14H12N2OS/c17-12-8-6-11(7-9-12)14-16-15-13(18-14)10-4-2-1-3-5-10/h1-9,14,16-17H/t14-/m0/s1. The highest BCUT2D eigenvalue weighted by molar-refractivity contribution is 8.14. The van der Waals surface area contributed by atoms with Crippen LogP contribution in [-0.4, -0.2) is 10.2 Å². The van der Waals surface area contributed by atoms with Gasteiger partial charge in [0.15, 0.2) is 0 Å². The SMILES string of the molecule is Oc1ccc([C@H]2NN=C(c3ccccc3)S2)cc1. The van der Waals surface area contributed by atoms with E-state index in [2.05, 4.69) is 10.5 Å². The molecular weight excluding hydrogens is 244 g/mol. The maximum Gasteiger partial charge on any atom is 0.126 e. The molecule has 0 bridgehead atoms. The first-order valence-corrected chi connectivity index (χ1v) is 6.55. The van der Waals surface area contributed by atoms with Gasteiger partial charge in [-0.15, -0.1) is 0 Å². The number of rotatable bonds is 2. The van der Waals surface area contributed by atoms with Gasteiger partial charge >= 0.3 is 0 Å². The fraction of sp³-hybridized carbons (Fsp3) is 0.0714. The normalized spacial score (nSPS) is 18.2. The molecule has 2 aromatic carbocycles. The second-order valence-corrected chi connectivity index (χ2v) is 5.10. The second-order valence-electron chi connectivity index (χ2n) is 4.00. The fourth-order valence-corrected chi connectivity index (χ4v) is 2.79. The molecule has 0 fully saturated rings.